The van der Waals surface area contributed by atoms with E-state index in [9.17, 15) is 9.18 Å². The first-order chi connectivity index (χ1) is 14.5. The van der Waals surface area contributed by atoms with Crippen LogP contribution < -0.4 is 0 Å². The highest BCUT2D eigenvalue weighted by Crippen LogP contribution is 2.43. The zero-order valence-electron chi connectivity index (χ0n) is 16.6. The number of thiazole rings is 1. The van der Waals surface area contributed by atoms with Gasteiger partial charge in [-0.15, -0.1) is 11.3 Å². The molecule has 0 radical (unpaired) electrons. The van der Waals surface area contributed by atoms with Gasteiger partial charge in [0.25, 0.3) is 0 Å². The number of amidine groups is 1. The van der Waals surface area contributed by atoms with Crippen molar-refractivity contribution in [3.05, 3.63) is 61.9 Å². The van der Waals surface area contributed by atoms with Gasteiger partial charge < -0.3 is 14.4 Å². The summed E-state index contributed by atoms with van der Waals surface area (Å²) in [6.45, 7) is 3.30. The molecule has 9 heteroatoms. The van der Waals surface area contributed by atoms with Crippen LogP contribution in [-0.2, 0) is 14.3 Å². The molecule has 2 atom stereocenters. The van der Waals surface area contributed by atoms with Gasteiger partial charge >= 0.3 is 5.97 Å². The van der Waals surface area contributed by atoms with Crippen molar-refractivity contribution >= 4 is 39.1 Å². The van der Waals surface area contributed by atoms with Crippen molar-refractivity contribution in [1.29, 1.82) is 0 Å². The van der Waals surface area contributed by atoms with Gasteiger partial charge in [-0.05, 0) is 31.0 Å². The summed E-state index contributed by atoms with van der Waals surface area (Å²) in [5.74, 6) is 0.167. The molecule has 30 heavy (non-hydrogen) atoms. The van der Waals surface area contributed by atoms with Gasteiger partial charge in [-0.1, -0.05) is 22.0 Å². The smallest absolute Gasteiger partial charge is 0.338 e. The van der Waals surface area contributed by atoms with Crippen LogP contribution in [0.5, 0.6) is 0 Å². The maximum atomic E-state index is 13.7. The van der Waals surface area contributed by atoms with E-state index in [2.05, 4.69) is 25.8 Å². The number of hydrogen-bond acceptors (Lipinski definition) is 7. The third kappa shape index (κ3) is 3.93. The number of benzene rings is 1. The molecular weight excluding hydrogens is 473 g/mol. The van der Waals surface area contributed by atoms with Crippen molar-refractivity contribution in [1.82, 2.24) is 9.88 Å². The number of carbonyl (C=O) groups excluding carboxylic acids is 1. The number of halogens is 2. The molecule has 1 unspecified atom stereocenters. The second-order valence-corrected chi connectivity index (χ2v) is 8.82. The van der Waals surface area contributed by atoms with Gasteiger partial charge in [-0.25, -0.2) is 14.2 Å². The highest BCUT2D eigenvalue weighted by Gasteiger charge is 2.42. The second-order valence-electron chi connectivity index (χ2n) is 7.08. The van der Waals surface area contributed by atoms with Crippen molar-refractivity contribution in [2.24, 2.45) is 10.9 Å². The van der Waals surface area contributed by atoms with E-state index < -0.39 is 12.0 Å². The third-order valence-electron chi connectivity index (χ3n) is 5.12. The van der Waals surface area contributed by atoms with Crippen molar-refractivity contribution in [2.75, 3.05) is 26.9 Å². The molecule has 3 heterocycles. The maximum absolute atomic E-state index is 13.7. The minimum atomic E-state index is -0.620. The number of ether oxygens (including phenoxy) is 2. The first-order valence-electron chi connectivity index (χ1n) is 9.62. The Morgan fingerprint density at radius 1 is 1.43 bits per heavy atom. The van der Waals surface area contributed by atoms with Crippen molar-refractivity contribution in [3.63, 3.8) is 0 Å². The average Bonchev–Trinajstić information content (AvgIpc) is 3.37. The normalized spacial score (nSPS) is 20.9. The lowest BCUT2D eigenvalue weighted by Crippen LogP contribution is -2.35. The molecule has 6 nitrogen and oxygen atoms in total. The van der Waals surface area contributed by atoms with E-state index in [4.69, 9.17) is 14.5 Å². The monoisotopic (exact) mass is 493 g/mol. The molecule has 2 aromatic rings. The molecule has 0 amide bonds. The van der Waals surface area contributed by atoms with Crippen LogP contribution in [0.2, 0.25) is 0 Å². The van der Waals surface area contributed by atoms with E-state index in [1.54, 1.807) is 26.3 Å². The molecule has 1 saturated heterocycles. The fraction of sp³-hybridized carbons (Fsp3) is 0.381. The minimum Gasteiger partial charge on any atom is -0.463 e. The highest BCUT2D eigenvalue weighted by atomic mass is 79.9. The Kier molecular flexibility index (Phi) is 6.31. The summed E-state index contributed by atoms with van der Waals surface area (Å²) in [6, 6.07) is 3.80. The predicted molar refractivity (Wildman–Crippen MR) is 116 cm³/mol. The summed E-state index contributed by atoms with van der Waals surface area (Å²) < 4.78 is 25.1. The van der Waals surface area contributed by atoms with Gasteiger partial charge in [0.15, 0.2) is 10.8 Å². The first kappa shape index (κ1) is 21.1. The van der Waals surface area contributed by atoms with Gasteiger partial charge in [-0.3, -0.25) is 4.99 Å². The Balaban J connectivity index is 1.89. The molecule has 1 aromatic heterocycles. The Bertz CT molecular complexity index is 1010. The van der Waals surface area contributed by atoms with Crippen LogP contribution >= 0.6 is 27.3 Å². The van der Waals surface area contributed by atoms with Gasteiger partial charge in [0.1, 0.15) is 11.9 Å². The van der Waals surface area contributed by atoms with E-state index in [1.807, 2.05) is 5.38 Å². The summed E-state index contributed by atoms with van der Waals surface area (Å²) in [5, 5.41) is 2.67. The Morgan fingerprint density at radius 3 is 2.93 bits per heavy atom. The maximum Gasteiger partial charge on any atom is 0.338 e. The molecule has 158 valence electrons. The number of fused-ring (bicyclic) bond motifs is 1. The Labute approximate surface area is 186 Å². The number of hydrogen-bond donors (Lipinski definition) is 0. The van der Waals surface area contributed by atoms with Gasteiger partial charge in [0.2, 0.25) is 0 Å². The number of aliphatic imine (C=N–C) groups is 1. The molecular formula is C21H21BrFN3O3S. The summed E-state index contributed by atoms with van der Waals surface area (Å²) in [7, 11) is 1.67. The van der Waals surface area contributed by atoms with E-state index in [1.165, 1.54) is 23.5 Å². The van der Waals surface area contributed by atoms with Crippen LogP contribution in [-0.4, -0.2) is 48.6 Å². The number of methoxy groups -OCH3 is 1. The first-order valence-corrected chi connectivity index (χ1v) is 11.3. The molecule has 0 N–H and O–H groups in total. The van der Waals surface area contributed by atoms with Crippen LogP contribution in [0.3, 0.4) is 0 Å². The quantitative estimate of drug-likeness (QED) is 0.560. The Morgan fingerprint density at radius 2 is 2.27 bits per heavy atom. The number of aromatic nitrogens is 1. The zero-order chi connectivity index (χ0) is 21.3. The molecule has 2 aliphatic rings. The second kappa shape index (κ2) is 8.95. The lowest BCUT2D eigenvalue weighted by Gasteiger charge is -2.32. The molecule has 0 aliphatic carbocycles. The van der Waals surface area contributed by atoms with Crippen molar-refractivity contribution in [2.45, 2.75) is 19.4 Å². The zero-order valence-corrected chi connectivity index (χ0v) is 19.0. The van der Waals surface area contributed by atoms with E-state index >= 15 is 0 Å². The Hall–Kier alpha value is -2.10. The van der Waals surface area contributed by atoms with Crippen molar-refractivity contribution in [3.8, 4) is 0 Å². The molecule has 0 saturated carbocycles. The van der Waals surface area contributed by atoms with Crippen molar-refractivity contribution < 1.29 is 18.7 Å². The van der Waals surface area contributed by atoms with E-state index in [0.29, 0.717) is 41.0 Å². The molecule has 0 spiro atoms. The summed E-state index contributed by atoms with van der Waals surface area (Å²) >= 11 is 4.94. The largest absolute Gasteiger partial charge is 0.463 e. The van der Waals surface area contributed by atoms with Crippen LogP contribution in [0.4, 0.5) is 4.39 Å². The SMILES string of the molecule is CCOC(=O)C1=C2CC(COC)CN2C(c2nccs2)=N[C@H]1c1ccc(F)cc1Br. The lowest BCUT2D eigenvalue weighted by atomic mass is 9.94. The molecule has 4 rings (SSSR count). The van der Waals surface area contributed by atoms with Crippen LogP contribution in [0.25, 0.3) is 0 Å². The minimum absolute atomic E-state index is 0.218. The summed E-state index contributed by atoms with van der Waals surface area (Å²) in [6.07, 6.45) is 2.40. The topological polar surface area (TPSA) is 64.0 Å². The lowest BCUT2D eigenvalue weighted by molar-refractivity contribution is -0.139. The van der Waals surface area contributed by atoms with Gasteiger partial charge in [-0.2, -0.15) is 0 Å². The predicted octanol–water partition coefficient (Wildman–Crippen LogP) is 4.33. The third-order valence-corrected chi connectivity index (χ3v) is 6.57. The number of rotatable bonds is 6. The summed E-state index contributed by atoms with van der Waals surface area (Å²) in [5.41, 5.74) is 2.07. The molecule has 1 fully saturated rings. The molecule has 2 aliphatic heterocycles. The number of allylic oxidation sites excluding steroid dienone is 1. The molecule has 1 aromatic carbocycles. The number of esters is 1. The van der Waals surface area contributed by atoms with Crippen LogP contribution in [0.1, 0.15) is 30.0 Å². The summed E-state index contributed by atoms with van der Waals surface area (Å²) in [4.78, 5) is 24.5. The number of nitrogens with zero attached hydrogens (tertiary/aromatic N) is 3. The van der Waals surface area contributed by atoms with Gasteiger partial charge in [0, 0.05) is 41.3 Å². The van der Waals surface area contributed by atoms with Crippen LogP contribution in [0.15, 0.2) is 50.5 Å². The standard InChI is InChI=1S/C21H21BrFN3O3S/c1-3-29-21(27)17-16-8-12(11-28-2)10-26(16)19(20-24-6-7-30-20)25-18(17)14-5-4-13(23)9-15(14)22/h4-7,9,12,18H,3,8,10-11H2,1-2H3/t12?,18-/m0/s1. The van der Waals surface area contributed by atoms with Gasteiger partial charge in [0.05, 0.1) is 18.8 Å². The number of carbonyl (C=O) groups is 1. The van der Waals surface area contributed by atoms with E-state index in [0.717, 1.165) is 10.7 Å². The fourth-order valence-electron chi connectivity index (χ4n) is 3.94. The fourth-order valence-corrected chi connectivity index (χ4v) is 5.15. The molecule has 0 bridgehead atoms. The average molecular weight is 494 g/mol. The van der Waals surface area contributed by atoms with E-state index in [-0.39, 0.29) is 18.3 Å². The highest BCUT2D eigenvalue weighted by molar-refractivity contribution is 9.10. The van der Waals surface area contributed by atoms with Crippen LogP contribution in [0, 0.1) is 11.7 Å².